The van der Waals surface area contributed by atoms with E-state index in [1.165, 1.54) is 24.1 Å². The summed E-state index contributed by atoms with van der Waals surface area (Å²) in [6.45, 7) is 3.95. The molecule has 2 amide bonds. The highest BCUT2D eigenvalue weighted by atomic mass is 16.5. The van der Waals surface area contributed by atoms with E-state index in [0.29, 0.717) is 12.8 Å². The number of amides is 2. The topological polar surface area (TPSA) is 95.9 Å². The maximum Gasteiger partial charge on any atom is 0.326 e. The molecule has 26 heavy (non-hydrogen) atoms. The molecule has 0 bridgehead atoms. The average molecular weight is 360 g/mol. The van der Waals surface area contributed by atoms with E-state index in [1.807, 2.05) is 6.92 Å². The number of carbonyl (C=O) groups excluding carboxylic acids is 3. The number of aromatic hydroxyl groups is 1. The number of ether oxygens (including phenoxy) is 1. The fourth-order valence-electron chi connectivity index (χ4n) is 4.44. The van der Waals surface area contributed by atoms with Crippen molar-refractivity contribution in [2.24, 2.45) is 11.8 Å². The van der Waals surface area contributed by atoms with Gasteiger partial charge in [-0.25, -0.2) is 0 Å². The quantitative estimate of drug-likeness (QED) is 0.608. The van der Waals surface area contributed by atoms with Crippen molar-refractivity contribution in [1.82, 2.24) is 10.2 Å². The van der Waals surface area contributed by atoms with Crippen LogP contribution in [0, 0.1) is 11.8 Å². The standard InChI is InChI=1S/C19H24N2O5/c1-4-10-19(18(25)26-3)14-13(16(23)21(5-2)17(14)24)15(20-19)11-6-8-12(22)9-7-11/h6-9,13-15,20,22H,4-5,10H2,1-3H3/t13-,14+,15-,19+/m1/s1. The van der Waals surface area contributed by atoms with Crippen LogP contribution in [-0.2, 0) is 19.1 Å². The first-order valence-electron chi connectivity index (χ1n) is 8.91. The number of esters is 1. The van der Waals surface area contributed by atoms with Crippen LogP contribution in [-0.4, -0.2) is 47.0 Å². The highest BCUT2D eigenvalue weighted by Crippen LogP contribution is 2.50. The molecule has 2 aliphatic rings. The largest absolute Gasteiger partial charge is 0.508 e. The maximum atomic E-state index is 13.0. The minimum atomic E-state index is -1.23. The van der Waals surface area contributed by atoms with Gasteiger partial charge in [-0.1, -0.05) is 25.5 Å². The first-order valence-corrected chi connectivity index (χ1v) is 8.91. The van der Waals surface area contributed by atoms with Crippen molar-refractivity contribution in [3.05, 3.63) is 29.8 Å². The lowest BCUT2D eigenvalue weighted by Gasteiger charge is -2.32. The molecule has 4 atom stereocenters. The van der Waals surface area contributed by atoms with Crippen LogP contribution >= 0.6 is 0 Å². The lowest BCUT2D eigenvalue weighted by molar-refractivity contribution is -0.154. The van der Waals surface area contributed by atoms with Gasteiger partial charge in [0.15, 0.2) is 0 Å². The van der Waals surface area contributed by atoms with Crippen LogP contribution in [0.25, 0.3) is 0 Å². The number of fused-ring (bicyclic) bond motifs is 1. The molecule has 2 fully saturated rings. The van der Waals surface area contributed by atoms with Crippen LogP contribution in [0.15, 0.2) is 24.3 Å². The first kappa shape index (κ1) is 18.4. The molecule has 3 rings (SSSR count). The van der Waals surface area contributed by atoms with Crippen LogP contribution in [0.1, 0.15) is 38.3 Å². The molecular weight excluding hydrogens is 336 g/mol. The number of likely N-dealkylation sites (tertiary alicyclic amines) is 1. The van der Waals surface area contributed by atoms with Crippen LogP contribution in [0.3, 0.4) is 0 Å². The Morgan fingerprint density at radius 1 is 1.23 bits per heavy atom. The van der Waals surface area contributed by atoms with Crippen molar-refractivity contribution >= 4 is 17.8 Å². The Morgan fingerprint density at radius 3 is 2.42 bits per heavy atom. The summed E-state index contributed by atoms with van der Waals surface area (Å²) in [4.78, 5) is 39.9. The molecule has 2 N–H and O–H groups in total. The van der Waals surface area contributed by atoms with Crippen molar-refractivity contribution in [1.29, 1.82) is 0 Å². The van der Waals surface area contributed by atoms with E-state index in [4.69, 9.17) is 4.74 Å². The zero-order valence-corrected chi connectivity index (χ0v) is 15.2. The summed E-state index contributed by atoms with van der Waals surface area (Å²) in [6.07, 6.45) is 1.05. The molecular formula is C19H24N2O5. The van der Waals surface area contributed by atoms with Crippen LogP contribution < -0.4 is 5.32 Å². The van der Waals surface area contributed by atoms with E-state index >= 15 is 0 Å². The molecule has 0 saturated carbocycles. The second-order valence-corrected chi connectivity index (χ2v) is 6.85. The van der Waals surface area contributed by atoms with Crippen LogP contribution in [0.2, 0.25) is 0 Å². The molecule has 7 nitrogen and oxygen atoms in total. The van der Waals surface area contributed by atoms with Gasteiger partial charge < -0.3 is 9.84 Å². The van der Waals surface area contributed by atoms with Gasteiger partial charge in [-0.2, -0.15) is 0 Å². The molecule has 2 heterocycles. The molecule has 2 aliphatic heterocycles. The number of phenolic OH excluding ortho intramolecular Hbond substituents is 1. The predicted octanol–water partition coefficient (Wildman–Crippen LogP) is 1.37. The highest BCUT2D eigenvalue weighted by Gasteiger charge is 2.68. The Bertz CT molecular complexity index is 732. The number of hydrogen-bond acceptors (Lipinski definition) is 6. The number of nitrogens with one attached hydrogen (secondary N) is 1. The molecule has 2 saturated heterocycles. The third-order valence-electron chi connectivity index (χ3n) is 5.51. The van der Waals surface area contributed by atoms with Gasteiger partial charge >= 0.3 is 5.97 Å². The van der Waals surface area contributed by atoms with Gasteiger partial charge in [0.25, 0.3) is 0 Å². The Morgan fingerprint density at radius 2 is 1.88 bits per heavy atom. The fourth-order valence-corrected chi connectivity index (χ4v) is 4.44. The van der Waals surface area contributed by atoms with Crippen molar-refractivity contribution < 1.29 is 24.2 Å². The minimum absolute atomic E-state index is 0.111. The molecule has 140 valence electrons. The third-order valence-corrected chi connectivity index (χ3v) is 5.51. The Hall–Kier alpha value is -2.41. The summed E-state index contributed by atoms with van der Waals surface area (Å²) in [5, 5.41) is 12.8. The summed E-state index contributed by atoms with van der Waals surface area (Å²) in [6, 6.07) is 5.97. The van der Waals surface area contributed by atoms with Crippen molar-refractivity contribution in [3.63, 3.8) is 0 Å². The summed E-state index contributed by atoms with van der Waals surface area (Å²) < 4.78 is 5.03. The number of imide groups is 1. The normalized spacial score (nSPS) is 30.6. The summed E-state index contributed by atoms with van der Waals surface area (Å²) >= 11 is 0. The van der Waals surface area contributed by atoms with Gasteiger partial charge in [0.1, 0.15) is 11.3 Å². The van der Waals surface area contributed by atoms with Gasteiger partial charge in [0.2, 0.25) is 11.8 Å². The van der Waals surface area contributed by atoms with Gasteiger partial charge in [0, 0.05) is 12.6 Å². The van der Waals surface area contributed by atoms with Crippen LogP contribution in [0.5, 0.6) is 5.75 Å². The van der Waals surface area contributed by atoms with Gasteiger partial charge in [-0.3, -0.25) is 24.6 Å². The van der Waals surface area contributed by atoms with E-state index in [1.54, 1.807) is 19.1 Å². The van der Waals surface area contributed by atoms with Crippen molar-refractivity contribution in [3.8, 4) is 5.75 Å². The molecule has 7 heteroatoms. The molecule has 0 unspecified atom stereocenters. The smallest absolute Gasteiger partial charge is 0.326 e. The van der Waals surface area contributed by atoms with Gasteiger partial charge in [0.05, 0.1) is 18.9 Å². The Balaban J connectivity index is 2.13. The molecule has 0 radical (unpaired) electrons. The maximum absolute atomic E-state index is 13.0. The van der Waals surface area contributed by atoms with E-state index < -0.39 is 29.4 Å². The lowest BCUT2D eigenvalue weighted by atomic mass is 9.77. The molecule has 1 aromatic carbocycles. The second kappa shape index (κ2) is 6.72. The zero-order chi connectivity index (χ0) is 19.1. The molecule has 0 aromatic heterocycles. The third kappa shape index (κ3) is 2.49. The minimum Gasteiger partial charge on any atom is -0.508 e. The monoisotopic (exact) mass is 360 g/mol. The number of nitrogens with zero attached hydrogens (tertiary/aromatic N) is 1. The first-order chi connectivity index (χ1) is 12.4. The predicted molar refractivity (Wildman–Crippen MR) is 93.0 cm³/mol. The molecule has 0 spiro atoms. The highest BCUT2D eigenvalue weighted by molar-refractivity contribution is 6.09. The second-order valence-electron chi connectivity index (χ2n) is 6.85. The van der Waals surface area contributed by atoms with E-state index in [0.717, 1.165) is 5.56 Å². The number of carbonyl (C=O) groups is 3. The summed E-state index contributed by atoms with van der Waals surface area (Å²) in [5.74, 6) is -2.46. The number of phenols is 1. The Kier molecular flexibility index (Phi) is 4.75. The molecule has 0 aliphatic carbocycles. The van der Waals surface area contributed by atoms with E-state index in [9.17, 15) is 19.5 Å². The van der Waals surface area contributed by atoms with Gasteiger partial charge in [-0.15, -0.1) is 0 Å². The summed E-state index contributed by atoms with van der Waals surface area (Å²) in [7, 11) is 1.29. The number of benzene rings is 1. The van der Waals surface area contributed by atoms with Crippen molar-refractivity contribution in [2.45, 2.75) is 38.3 Å². The number of rotatable bonds is 5. The fraction of sp³-hybridized carbons (Fsp3) is 0.526. The zero-order valence-electron chi connectivity index (χ0n) is 15.2. The van der Waals surface area contributed by atoms with E-state index in [-0.39, 0.29) is 24.1 Å². The van der Waals surface area contributed by atoms with Gasteiger partial charge in [-0.05, 0) is 31.0 Å². The molecule has 1 aromatic rings. The number of hydrogen-bond donors (Lipinski definition) is 2. The lowest BCUT2D eigenvalue weighted by Crippen LogP contribution is -2.56. The Labute approximate surface area is 152 Å². The van der Waals surface area contributed by atoms with Crippen LogP contribution in [0.4, 0.5) is 0 Å². The average Bonchev–Trinajstić information content (AvgIpc) is 3.10. The SMILES string of the molecule is CCC[C@]1(C(=O)OC)N[C@H](c2ccc(O)cc2)[C@@H]2C(=O)N(CC)C(=O)[C@H]21. The number of methoxy groups -OCH3 is 1. The van der Waals surface area contributed by atoms with Crippen molar-refractivity contribution in [2.75, 3.05) is 13.7 Å². The summed E-state index contributed by atoms with van der Waals surface area (Å²) in [5.41, 5.74) is -0.480. The van der Waals surface area contributed by atoms with E-state index in [2.05, 4.69) is 5.32 Å².